The molecular weight excluding hydrogens is 286 g/mol. The van der Waals surface area contributed by atoms with E-state index in [0.29, 0.717) is 59.4 Å². The topological polar surface area (TPSA) is 66.0 Å². The van der Waals surface area contributed by atoms with Gasteiger partial charge in [-0.2, -0.15) is 0 Å². The largest absolute Gasteiger partial charge is 0.377 e. The normalized spacial score (nSPS) is 10.2. The standard InChI is InChI=1S/C13H22ClNO5/c1-2-4-17-6-8-19-10-11-20-9-7-18-5-3-15-13(16)12-14/h1H,3-12H2,(H,15,16). The van der Waals surface area contributed by atoms with E-state index in [4.69, 9.17) is 37.0 Å². The molecule has 0 saturated carbocycles. The van der Waals surface area contributed by atoms with Crippen molar-refractivity contribution in [3.63, 3.8) is 0 Å². The number of ether oxygens (including phenoxy) is 4. The maximum Gasteiger partial charge on any atom is 0.235 e. The Balaban J connectivity index is 2.99. The van der Waals surface area contributed by atoms with Gasteiger partial charge in [0.05, 0.1) is 46.2 Å². The van der Waals surface area contributed by atoms with E-state index in [9.17, 15) is 4.79 Å². The molecule has 0 bridgehead atoms. The van der Waals surface area contributed by atoms with Crippen molar-refractivity contribution in [1.82, 2.24) is 5.32 Å². The number of hydrogen-bond donors (Lipinski definition) is 1. The molecule has 0 aliphatic rings. The van der Waals surface area contributed by atoms with Gasteiger partial charge in [-0.25, -0.2) is 0 Å². The highest BCUT2D eigenvalue weighted by Crippen LogP contribution is 1.82. The molecule has 1 amide bonds. The van der Waals surface area contributed by atoms with E-state index in [1.165, 1.54) is 0 Å². The first kappa shape index (κ1) is 19.2. The van der Waals surface area contributed by atoms with Crippen LogP contribution in [0.3, 0.4) is 0 Å². The zero-order chi connectivity index (χ0) is 14.9. The Bertz CT molecular complexity index is 270. The molecule has 0 aromatic heterocycles. The van der Waals surface area contributed by atoms with E-state index < -0.39 is 0 Å². The summed E-state index contributed by atoms with van der Waals surface area (Å²) in [6, 6.07) is 0. The summed E-state index contributed by atoms with van der Waals surface area (Å²) < 4.78 is 20.8. The Labute approximate surface area is 125 Å². The highest BCUT2D eigenvalue weighted by atomic mass is 35.5. The van der Waals surface area contributed by atoms with Crippen molar-refractivity contribution in [1.29, 1.82) is 0 Å². The van der Waals surface area contributed by atoms with Crippen LogP contribution < -0.4 is 5.32 Å². The van der Waals surface area contributed by atoms with E-state index in [2.05, 4.69) is 11.2 Å². The zero-order valence-corrected chi connectivity index (χ0v) is 12.3. The average molecular weight is 308 g/mol. The molecule has 0 spiro atoms. The highest BCUT2D eigenvalue weighted by Gasteiger charge is 1.96. The minimum Gasteiger partial charge on any atom is -0.377 e. The fourth-order valence-corrected chi connectivity index (χ4v) is 1.20. The molecule has 0 aliphatic carbocycles. The maximum atomic E-state index is 10.8. The molecule has 0 heterocycles. The molecule has 0 unspecified atom stereocenters. The van der Waals surface area contributed by atoms with Crippen LogP contribution in [0.25, 0.3) is 0 Å². The van der Waals surface area contributed by atoms with Crippen LogP contribution in [0.1, 0.15) is 0 Å². The predicted molar refractivity (Wildman–Crippen MR) is 75.8 cm³/mol. The maximum absolute atomic E-state index is 10.8. The summed E-state index contributed by atoms with van der Waals surface area (Å²) in [4.78, 5) is 10.8. The van der Waals surface area contributed by atoms with Gasteiger partial charge in [0.25, 0.3) is 0 Å². The van der Waals surface area contributed by atoms with Crippen molar-refractivity contribution >= 4 is 17.5 Å². The lowest BCUT2D eigenvalue weighted by atomic mass is 10.6. The summed E-state index contributed by atoms with van der Waals surface area (Å²) in [6.45, 7) is 4.15. The number of alkyl halides is 1. The van der Waals surface area contributed by atoms with Gasteiger partial charge in [0.2, 0.25) is 5.91 Å². The van der Waals surface area contributed by atoms with Crippen LogP contribution in [0, 0.1) is 12.3 Å². The minimum atomic E-state index is -0.199. The van der Waals surface area contributed by atoms with Crippen LogP contribution in [0.5, 0.6) is 0 Å². The van der Waals surface area contributed by atoms with Crippen LogP contribution in [0.2, 0.25) is 0 Å². The van der Waals surface area contributed by atoms with Crippen molar-refractivity contribution < 1.29 is 23.7 Å². The lowest BCUT2D eigenvalue weighted by Gasteiger charge is -2.07. The molecule has 0 aliphatic heterocycles. The Morgan fingerprint density at radius 3 is 1.95 bits per heavy atom. The lowest BCUT2D eigenvalue weighted by molar-refractivity contribution is -0.118. The molecular formula is C13H22ClNO5. The van der Waals surface area contributed by atoms with E-state index in [0.717, 1.165) is 0 Å². The Kier molecular flexibility index (Phi) is 15.5. The van der Waals surface area contributed by atoms with Gasteiger partial charge in [0.1, 0.15) is 12.5 Å². The first-order valence-corrected chi connectivity index (χ1v) is 6.91. The fourth-order valence-electron chi connectivity index (χ4n) is 1.10. The van der Waals surface area contributed by atoms with E-state index in [1.807, 2.05) is 0 Å². The second-order valence-electron chi connectivity index (χ2n) is 3.58. The molecule has 0 rings (SSSR count). The van der Waals surface area contributed by atoms with Gasteiger partial charge in [-0.15, -0.1) is 18.0 Å². The van der Waals surface area contributed by atoms with Crippen LogP contribution in [-0.4, -0.2) is 71.2 Å². The van der Waals surface area contributed by atoms with E-state index >= 15 is 0 Å². The van der Waals surface area contributed by atoms with Crippen molar-refractivity contribution in [2.75, 3.05) is 65.3 Å². The van der Waals surface area contributed by atoms with Gasteiger partial charge >= 0.3 is 0 Å². The summed E-state index contributed by atoms with van der Waals surface area (Å²) >= 11 is 5.31. The molecule has 0 fully saturated rings. The molecule has 20 heavy (non-hydrogen) atoms. The molecule has 6 nitrogen and oxygen atoms in total. The Hall–Kier alpha value is -0.840. The summed E-state index contributed by atoms with van der Waals surface area (Å²) in [5.41, 5.74) is 0. The van der Waals surface area contributed by atoms with Crippen LogP contribution in [0.15, 0.2) is 0 Å². The van der Waals surface area contributed by atoms with E-state index in [1.54, 1.807) is 0 Å². The van der Waals surface area contributed by atoms with Gasteiger partial charge in [-0.3, -0.25) is 4.79 Å². The Morgan fingerprint density at radius 1 is 0.950 bits per heavy atom. The summed E-state index contributed by atoms with van der Waals surface area (Å²) in [7, 11) is 0. The van der Waals surface area contributed by atoms with E-state index in [-0.39, 0.29) is 11.8 Å². The van der Waals surface area contributed by atoms with Crippen LogP contribution >= 0.6 is 11.6 Å². The van der Waals surface area contributed by atoms with Gasteiger partial charge in [0, 0.05) is 6.54 Å². The molecule has 0 radical (unpaired) electrons. The van der Waals surface area contributed by atoms with Crippen molar-refractivity contribution in [3.8, 4) is 12.3 Å². The molecule has 0 aromatic rings. The predicted octanol–water partition coefficient (Wildman–Crippen LogP) is 0.0410. The molecule has 7 heteroatoms. The summed E-state index contributed by atoms with van der Waals surface area (Å²) in [6.07, 6.45) is 5.02. The van der Waals surface area contributed by atoms with Crippen molar-refractivity contribution in [2.24, 2.45) is 0 Å². The molecule has 1 N–H and O–H groups in total. The second-order valence-corrected chi connectivity index (χ2v) is 3.84. The summed E-state index contributed by atoms with van der Waals surface area (Å²) in [5, 5.41) is 2.59. The quantitative estimate of drug-likeness (QED) is 0.279. The van der Waals surface area contributed by atoms with Crippen LogP contribution in [-0.2, 0) is 23.7 Å². The minimum absolute atomic E-state index is 0.0309. The van der Waals surface area contributed by atoms with Gasteiger partial charge < -0.3 is 24.3 Å². The molecule has 0 aromatic carbocycles. The number of hydrogen-bond acceptors (Lipinski definition) is 5. The molecule has 116 valence electrons. The smallest absolute Gasteiger partial charge is 0.235 e. The monoisotopic (exact) mass is 307 g/mol. The van der Waals surface area contributed by atoms with Crippen molar-refractivity contribution in [3.05, 3.63) is 0 Å². The molecule has 0 saturated heterocycles. The first-order chi connectivity index (χ1) is 9.81. The van der Waals surface area contributed by atoms with Crippen molar-refractivity contribution in [2.45, 2.75) is 0 Å². The van der Waals surface area contributed by atoms with Gasteiger partial charge in [-0.1, -0.05) is 5.92 Å². The first-order valence-electron chi connectivity index (χ1n) is 6.38. The number of halogens is 1. The third-order valence-electron chi connectivity index (χ3n) is 1.99. The second kappa shape index (κ2) is 16.2. The number of carbonyl (C=O) groups excluding carboxylic acids is 1. The lowest BCUT2D eigenvalue weighted by Crippen LogP contribution is -2.28. The highest BCUT2D eigenvalue weighted by molar-refractivity contribution is 6.27. The third-order valence-corrected chi connectivity index (χ3v) is 2.23. The van der Waals surface area contributed by atoms with Gasteiger partial charge in [0.15, 0.2) is 0 Å². The van der Waals surface area contributed by atoms with Gasteiger partial charge in [-0.05, 0) is 0 Å². The number of amides is 1. The average Bonchev–Trinajstić information content (AvgIpc) is 2.47. The number of terminal acetylenes is 1. The SMILES string of the molecule is C#CCOCCOCCOCCOCCNC(=O)CCl. The number of carbonyl (C=O) groups is 1. The fraction of sp³-hybridized carbons (Fsp3) is 0.769. The summed E-state index contributed by atoms with van der Waals surface area (Å²) in [5.74, 6) is 2.14. The third kappa shape index (κ3) is 15.2. The van der Waals surface area contributed by atoms with Crippen LogP contribution in [0.4, 0.5) is 0 Å². The zero-order valence-electron chi connectivity index (χ0n) is 11.6. The number of nitrogens with one attached hydrogen (secondary N) is 1. The Morgan fingerprint density at radius 2 is 1.45 bits per heavy atom. The molecule has 0 atom stereocenters. The number of rotatable bonds is 14.